The molecule has 1 saturated carbocycles. The van der Waals surface area contributed by atoms with E-state index in [2.05, 4.69) is 40.5 Å². The summed E-state index contributed by atoms with van der Waals surface area (Å²) in [5.41, 5.74) is 2.27. The molecule has 0 amide bonds. The van der Waals surface area contributed by atoms with Crippen molar-refractivity contribution in [3.8, 4) is 0 Å². The van der Waals surface area contributed by atoms with E-state index in [1.54, 1.807) is 0 Å². The highest BCUT2D eigenvalue weighted by Gasteiger charge is 2.29. The third-order valence-electron chi connectivity index (χ3n) is 3.80. The van der Waals surface area contributed by atoms with E-state index in [0.29, 0.717) is 12.0 Å². The zero-order chi connectivity index (χ0) is 17.5. The largest absolute Gasteiger partial charge is 0.483 e. The van der Waals surface area contributed by atoms with Crippen LogP contribution in [-0.2, 0) is 17.8 Å². The lowest BCUT2D eigenvalue weighted by atomic mass is 10.3. The average Bonchev–Trinajstić information content (AvgIpc) is 3.18. The molecular weight excluding hydrogens is 310 g/mol. The van der Waals surface area contributed by atoms with Crippen LogP contribution in [-0.4, -0.2) is 44.1 Å². The Bertz CT molecular complexity index is 648. The van der Waals surface area contributed by atoms with Gasteiger partial charge in [-0.25, -0.2) is 0 Å². The van der Waals surface area contributed by atoms with Crippen molar-refractivity contribution in [2.24, 2.45) is 0 Å². The number of carboxylic acid groups (broad SMARTS) is 1. The van der Waals surface area contributed by atoms with E-state index >= 15 is 0 Å². The molecule has 0 spiro atoms. The zero-order valence-corrected chi connectivity index (χ0v) is 14.4. The molecular formula is C16H25N5O3. The van der Waals surface area contributed by atoms with Gasteiger partial charge < -0.3 is 14.9 Å². The molecule has 0 aliphatic heterocycles. The van der Waals surface area contributed by atoms with Gasteiger partial charge in [0.1, 0.15) is 0 Å². The van der Waals surface area contributed by atoms with Crippen LogP contribution in [0.1, 0.15) is 48.8 Å². The van der Waals surface area contributed by atoms with Gasteiger partial charge in [-0.3, -0.25) is 9.48 Å². The fourth-order valence-electron chi connectivity index (χ4n) is 2.48. The first kappa shape index (κ1) is 18.1. The highest BCUT2D eigenvalue weighted by Crippen LogP contribution is 2.38. The Kier molecular flexibility index (Phi) is 6.48. The lowest BCUT2D eigenvalue weighted by molar-refractivity contribution is -0.122. The fraction of sp³-hybridized carbons (Fsp3) is 0.625. The van der Waals surface area contributed by atoms with Gasteiger partial charge in [-0.1, -0.05) is 5.16 Å². The molecule has 24 heavy (non-hydrogen) atoms. The van der Waals surface area contributed by atoms with Gasteiger partial charge in [0.05, 0.1) is 12.2 Å². The second kappa shape index (κ2) is 8.58. The van der Waals surface area contributed by atoms with Crippen LogP contribution in [0.2, 0.25) is 0 Å². The fourth-order valence-corrected chi connectivity index (χ4v) is 2.48. The molecule has 0 radical (unpaired) electrons. The molecule has 1 aliphatic carbocycles. The topological polar surface area (TPSA) is 106 Å². The molecule has 2 aromatic rings. The number of hydrogen-bond donors (Lipinski definition) is 2. The number of aryl methyl sites for hydroxylation is 2. The van der Waals surface area contributed by atoms with Gasteiger partial charge in [-0.15, -0.1) is 0 Å². The van der Waals surface area contributed by atoms with Gasteiger partial charge in [0.25, 0.3) is 6.47 Å². The quantitative estimate of drug-likeness (QED) is 0.741. The highest BCUT2D eigenvalue weighted by molar-refractivity contribution is 5.32. The van der Waals surface area contributed by atoms with Crippen molar-refractivity contribution in [3.05, 3.63) is 29.2 Å². The van der Waals surface area contributed by atoms with E-state index in [9.17, 15) is 0 Å². The first-order chi connectivity index (χ1) is 11.5. The van der Waals surface area contributed by atoms with Crippen LogP contribution < -0.4 is 5.32 Å². The number of rotatable bonds is 7. The normalized spacial score (nSPS) is 14.8. The van der Waals surface area contributed by atoms with E-state index in [1.165, 1.54) is 18.5 Å². The lowest BCUT2D eigenvalue weighted by Crippen LogP contribution is -2.32. The van der Waals surface area contributed by atoms with Gasteiger partial charge in [0.2, 0.25) is 5.89 Å². The van der Waals surface area contributed by atoms with Crippen molar-refractivity contribution in [2.75, 3.05) is 6.54 Å². The van der Waals surface area contributed by atoms with Gasteiger partial charge in [0, 0.05) is 30.6 Å². The molecule has 2 aromatic heterocycles. The average molecular weight is 335 g/mol. The predicted octanol–water partition coefficient (Wildman–Crippen LogP) is 1.68. The van der Waals surface area contributed by atoms with E-state index in [4.69, 9.17) is 14.4 Å². The Morgan fingerprint density at radius 1 is 1.50 bits per heavy atom. The SMILES string of the molecule is Cc1cc(C)n(CC(C)NCCc2noc(C3CC3)n2)n1.O=CO. The maximum atomic E-state index is 8.36. The van der Waals surface area contributed by atoms with E-state index in [1.807, 2.05) is 11.6 Å². The van der Waals surface area contributed by atoms with Gasteiger partial charge in [-0.05, 0) is 39.7 Å². The second-order valence-corrected chi connectivity index (χ2v) is 6.14. The highest BCUT2D eigenvalue weighted by atomic mass is 16.5. The molecule has 8 heteroatoms. The molecule has 1 unspecified atom stereocenters. The lowest BCUT2D eigenvalue weighted by Gasteiger charge is -2.14. The van der Waals surface area contributed by atoms with Crippen LogP contribution in [0, 0.1) is 13.8 Å². The molecule has 1 atom stereocenters. The summed E-state index contributed by atoms with van der Waals surface area (Å²) < 4.78 is 7.31. The van der Waals surface area contributed by atoms with Crippen LogP contribution in [0.4, 0.5) is 0 Å². The molecule has 1 fully saturated rings. The second-order valence-electron chi connectivity index (χ2n) is 6.14. The Balaban J connectivity index is 0.000000647. The summed E-state index contributed by atoms with van der Waals surface area (Å²) >= 11 is 0. The third-order valence-corrected chi connectivity index (χ3v) is 3.80. The van der Waals surface area contributed by atoms with Crippen molar-refractivity contribution in [1.82, 2.24) is 25.2 Å². The van der Waals surface area contributed by atoms with Gasteiger partial charge in [-0.2, -0.15) is 10.1 Å². The third kappa shape index (κ3) is 5.45. The molecule has 0 aromatic carbocycles. The smallest absolute Gasteiger partial charge is 0.290 e. The Hall–Kier alpha value is -2.22. The molecule has 0 saturated heterocycles. The number of nitrogens with zero attached hydrogens (tertiary/aromatic N) is 4. The Labute approximate surface area is 141 Å². The van der Waals surface area contributed by atoms with Crippen molar-refractivity contribution in [3.63, 3.8) is 0 Å². The summed E-state index contributed by atoms with van der Waals surface area (Å²) in [4.78, 5) is 12.8. The standard InChI is InChI=1S/C15H23N5O.CH2O2/c1-10-8-12(3)20(18-10)9-11(2)16-7-6-14-17-15(21-19-14)13-4-5-13;2-1-3/h8,11,13,16H,4-7,9H2,1-3H3;1H,(H,2,3). The summed E-state index contributed by atoms with van der Waals surface area (Å²) in [7, 11) is 0. The minimum atomic E-state index is -0.250. The number of hydrogen-bond acceptors (Lipinski definition) is 6. The summed E-state index contributed by atoms with van der Waals surface area (Å²) in [5.74, 6) is 2.16. The van der Waals surface area contributed by atoms with Crippen LogP contribution >= 0.6 is 0 Å². The summed E-state index contributed by atoms with van der Waals surface area (Å²) in [6.45, 7) is 7.76. The first-order valence-electron chi connectivity index (χ1n) is 8.18. The van der Waals surface area contributed by atoms with Crippen molar-refractivity contribution >= 4 is 6.47 Å². The van der Waals surface area contributed by atoms with Crippen LogP contribution in [0.3, 0.4) is 0 Å². The summed E-state index contributed by atoms with van der Waals surface area (Å²) in [6, 6.07) is 2.46. The maximum Gasteiger partial charge on any atom is 0.290 e. The first-order valence-corrected chi connectivity index (χ1v) is 8.18. The zero-order valence-electron chi connectivity index (χ0n) is 14.4. The Morgan fingerprint density at radius 3 is 2.79 bits per heavy atom. The van der Waals surface area contributed by atoms with Gasteiger partial charge in [0.15, 0.2) is 5.82 Å². The predicted molar refractivity (Wildman–Crippen MR) is 87.8 cm³/mol. The van der Waals surface area contributed by atoms with Crippen molar-refractivity contribution in [1.29, 1.82) is 0 Å². The van der Waals surface area contributed by atoms with Crippen LogP contribution in [0.25, 0.3) is 0 Å². The van der Waals surface area contributed by atoms with Crippen molar-refractivity contribution in [2.45, 2.75) is 58.5 Å². The van der Waals surface area contributed by atoms with Crippen molar-refractivity contribution < 1.29 is 14.4 Å². The number of aromatic nitrogens is 4. The van der Waals surface area contributed by atoms with Crippen LogP contribution in [0.15, 0.2) is 10.6 Å². The molecule has 2 N–H and O–H groups in total. The number of carbonyl (C=O) groups is 1. The maximum absolute atomic E-state index is 8.36. The van der Waals surface area contributed by atoms with Crippen LogP contribution in [0.5, 0.6) is 0 Å². The monoisotopic (exact) mass is 335 g/mol. The Morgan fingerprint density at radius 2 is 2.21 bits per heavy atom. The molecule has 8 nitrogen and oxygen atoms in total. The molecule has 132 valence electrons. The molecule has 3 rings (SSSR count). The summed E-state index contributed by atoms with van der Waals surface area (Å²) in [6.07, 6.45) is 3.19. The van der Waals surface area contributed by atoms with E-state index in [0.717, 1.165) is 36.9 Å². The molecule has 0 bridgehead atoms. The van der Waals surface area contributed by atoms with E-state index in [-0.39, 0.29) is 6.47 Å². The number of nitrogens with one attached hydrogen (secondary N) is 1. The van der Waals surface area contributed by atoms with Gasteiger partial charge >= 0.3 is 0 Å². The minimum absolute atomic E-state index is 0.250. The molecule has 2 heterocycles. The van der Waals surface area contributed by atoms with E-state index < -0.39 is 0 Å². The molecule has 1 aliphatic rings. The minimum Gasteiger partial charge on any atom is -0.483 e. The summed E-state index contributed by atoms with van der Waals surface area (Å²) in [5, 5.41) is 18.9.